The summed E-state index contributed by atoms with van der Waals surface area (Å²) in [6.45, 7) is 0. The molecule has 0 aliphatic heterocycles. The van der Waals surface area contributed by atoms with Crippen LogP contribution < -0.4 is 24.4 Å². The summed E-state index contributed by atoms with van der Waals surface area (Å²) >= 11 is 0. The van der Waals surface area contributed by atoms with Gasteiger partial charge in [-0.25, -0.2) is 9.52 Å². The molecule has 3 amide bonds. The number of nitrogens with one attached hydrogen (secondary N) is 3. The van der Waals surface area contributed by atoms with E-state index >= 15 is 0 Å². The van der Waals surface area contributed by atoms with Crippen LogP contribution in [-0.2, 0) is 27.8 Å². The average molecular weight is 574 g/mol. The molecule has 0 aliphatic rings. The molecule has 41 heavy (non-hydrogen) atoms. The third-order valence-electron chi connectivity index (χ3n) is 6.27. The van der Waals surface area contributed by atoms with Gasteiger partial charge in [-0.2, -0.15) is 8.42 Å². The van der Waals surface area contributed by atoms with E-state index in [2.05, 4.69) is 15.0 Å². The molecular weight excluding hydrogens is 542 g/mol. The molecule has 1 atom stereocenters. The Morgan fingerprint density at radius 2 is 1.49 bits per heavy atom. The summed E-state index contributed by atoms with van der Waals surface area (Å²) in [6, 6.07) is 24.5. The van der Waals surface area contributed by atoms with E-state index in [1.54, 1.807) is 75.1 Å². The minimum Gasteiger partial charge on any atom is -0.497 e. The largest absolute Gasteiger partial charge is 0.497 e. The Labute approximate surface area is 239 Å². The predicted molar refractivity (Wildman–Crippen MR) is 158 cm³/mol. The first-order chi connectivity index (χ1) is 19.7. The first kappa shape index (κ1) is 29.1. The third kappa shape index (κ3) is 8.54. The van der Waals surface area contributed by atoms with Gasteiger partial charge in [0.25, 0.3) is 0 Å². The highest BCUT2D eigenvalue weighted by Crippen LogP contribution is 2.20. The van der Waals surface area contributed by atoms with Crippen molar-refractivity contribution in [3.63, 3.8) is 0 Å². The molecule has 0 bridgehead atoms. The lowest BCUT2D eigenvalue weighted by molar-refractivity contribution is -0.120. The van der Waals surface area contributed by atoms with Gasteiger partial charge in [-0.3, -0.25) is 14.5 Å². The number of ether oxygens (including phenoxy) is 1. The molecule has 0 aliphatic carbocycles. The SMILES string of the molecule is COc1ccc(N(C)C(=O)[C@H](Cc2ccccc2)NC(=O)NS(=O)(=O)Nc2ccc(Cc3ccncc3)cc2)cc1. The van der Waals surface area contributed by atoms with Gasteiger partial charge in [0.2, 0.25) is 5.91 Å². The highest BCUT2D eigenvalue weighted by Gasteiger charge is 2.27. The van der Waals surface area contributed by atoms with E-state index in [9.17, 15) is 18.0 Å². The van der Waals surface area contributed by atoms with Gasteiger partial charge < -0.3 is 15.0 Å². The van der Waals surface area contributed by atoms with Crippen LogP contribution in [0, 0.1) is 0 Å². The van der Waals surface area contributed by atoms with Gasteiger partial charge in [-0.15, -0.1) is 0 Å². The molecule has 0 saturated heterocycles. The first-order valence-corrected chi connectivity index (χ1v) is 14.2. The minimum absolute atomic E-state index is 0.153. The lowest BCUT2D eigenvalue weighted by Crippen LogP contribution is -2.53. The van der Waals surface area contributed by atoms with E-state index < -0.39 is 28.2 Å². The van der Waals surface area contributed by atoms with Gasteiger partial charge >= 0.3 is 16.2 Å². The Hall–Kier alpha value is -4.90. The number of carbonyl (C=O) groups is 2. The number of methoxy groups -OCH3 is 1. The first-order valence-electron chi connectivity index (χ1n) is 12.8. The van der Waals surface area contributed by atoms with E-state index in [1.807, 2.05) is 47.2 Å². The van der Waals surface area contributed by atoms with Gasteiger partial charge in [0.15, 0.2) is 0 Å². The average Bonchev–Trinajstić information content (AvgIpc) is 2.97. The van der Waals surface area contributed by atoms with Crippen molar-refractivity contribution < 1.29 is 22.7 Å². The zero-order chi connectivity index (χ0) is 29.2. The monoisotopic (exact) mass is 573 g/mol. The summed E-state index contributed by atoms with van der Waals surface area (Å²) in [6.07, 6.45) is 4.24. The molecule has 4 aromatic rings. The number of benzene rings is 3. The predicted octanol–water partition coefficient (Wildman–Crippen LogP) is 3.91. The van der Waals surface area contributed by atoms with E-state index in [0.717, 1.165) is 16.7 Å². The number of likely N-dealkylation sites (N-methyl/N-ethyl adjacent to an activating group) is 1. The maximum atomic E-state index is 13.4. The molecule has 212 valence electrons. The number of hydrogen-bond donors (Lipinski definition) is 3. The number of rotatable bonds is 11. The molecule has 1 aromatic heterocycles. The molecule has 0 radical (unpaired) electrons. The summed E-state index contributed by atoms with van der Waals surface area (Å²) in [5.74, 6) is 0.207. The van der Waals surface area contributed by atoms with Crippen molar-refractivity contribution in [3.8, 4) is 5.75 Å². The van der Waals surface area contributed by atoms with Gasteiger partial charge in [0.1, 0.15) is 11.8 Å². The number of urea groups is 1. The fourth-order valence-electron chi connectivity index (χ4n) is 4.13. The van der Waals surface area contributed by atoms with Crippen LogP contribution in [-0.4, -0.2) is 45.5 Å². The molecule has 11 heteroatoms. The van der Waals surface area contributed by atoms with Crippen molar-refractivity contribution in [2.45, 2.75) is 18.9 Å². The summed E-state index contributed by atoms with van der Waals surface area (Å²) < 4.78 is 34.9. The van der Waals surface area contributed by atoms with Crippen LogP contribution in [0.3, 0.4) is 0 Å². The van der Waals surface area contributed by atoms with Gasteiger partial charge in [0.05, 0.1) is 12.8 Å². The number of pyridine rings is 1. The fourth-order valence-corrected chi connectivity index (χ4v) is 4.93. The molecular formula is C30H31N5O5S. The Morgan fingerprint density at radius 1 is 0.854 bits per heavy atom. The maximum Gasteiger partial charge on any atom is 0.330 e. The molecule has 0 unspecified atom stereocenters. The summed E-state index contributed by atoms with van der Waals surface area (Å²) in [4.78, 5) is 31.7. The fraction of sp³-hybridized carbons (Fsp3) is 0.167. The van der Waals surface area contributed by atoms with Crippen molar-refractivity contribution in [1.29, 1.82) is 0 Å². The molecule has 1 heterocycles. The number of nitrogens with zero attached hydrogens (tertiary/aromatic N) is 2. The van der Waals surface area contributed by atoms with Crippen LogP contribution in [0.25, 0.3) is 0 Å². The van der Waals surface area contributed by atoms with Crippen molar-refractivity contribution in [3.05, 3.63) is 120 Å². The summed E-state index contributed by atoms with van der Waals surface area (Å²) in [7, 11) is -1.16. The number of carbonyl (C=O) groups excluding carboxylic acids is 2. The Balaban J connectivity index is 1.42. The molecule has 3 N–H and O–H groups in total. The zero-order valence-corrected chi connectivity index (χ0v) is 23.5. The number of hydrogen-bond acceptors (Lipinski definition) is 6. The lowest BCUT2D eigenvalue weighted by atomic mass is 10.0. The Morgan fingerprint density at radius 3 is 2.12 bits per heavy atom. The van der Waals surface area contributed by atoms with Crippen molar-refractivity contribution in [2.75, 3.05) is 23.8 Å². The molecule has 3 aromatic carbocycles. The van der Waals surface area contributed by atoms with Crippen LogP contribution in [0.2, 0.25) is 0 Å². The van der Waals surface area contributed by atoms with Crippen LogP contribution in [0.1, 0.15) is 16.7 Å². The summed E-state index contributed by atoms with van der Waals surface area (Å²) in [5.41, 5.74) is 3.71. The molecule has 0 fully saturated rings. The normalized spacial score (nSPS) is 11.7. The van der Waals surface area contributed by atoms with Crippen molar-refractivity contribution in [1.82, 2.24) is 15.0 Å². The van der Waals surface area contributed by atoms with Crippen molar-refractivity contribution >= 4 is 33.5 Å². The third-order valence-corrected chi connectivity index (χ3v) is 7.23. The second-order valence-corrected chi connectivity index (χ2v) is 10.7. The number of amides is 3. The standard InChI is InChI=1S/C30H31N5O5S/c1-35(26-12-14-27(40-2)15-13-26)29(36)28(21-22-6-4-3-5-7-22)32-30(37)34-41(38,39)33-25-10-8-23(9-11-25)20-24-16-18-31-19-17-24/h3-19,28,33H,20-21H2,1-2H3,(H2,32,34,37)/t28-/m0/s1. The smallest absolute Gasteiger partial charge is 0.330 e. The molecule has 0 saturated carbocycles. The second-order valence-electron chi connectivity index (χ2n) is 9.25. The van der Waals surface area contributed by atoms with Crippen LogP contribution >= 0.6 is 0 Å². The van der Waals surface area contributed by atoms with E-state index in [1.165, 1.54) is 4.90 Å². The number of aromatic nitrogens is 1. The Kier molecular flexibility index (Phi) is 9.54. The van der Waals surface area contributed by atoms with Gasteiger partial charge in [-0.05, 0) is 71.6 Å². The second kappa shape index (κ2) is 13.4. The van der Waals surface area contributed by atoms with Crippen molar-refractivity contribution in [2.24, 2.45) is 0 Å². The van der Waals surface area contributed by atoms with Crippen LogP contribution in [0.4, 0.5) is 16.2 Å². The Bertz CT molecular complexity index is 1550. The van der Waals surface area contributed by atoms with Crippen LogP contribution in [0.5, 0.6) is 5.75 Å². The quantitative estimate of drug-likeness (QED) is 0.250. The van der Waals surface area contributed by atoms with E-state index in [4.69, 9.17) is 4.74 Å². The molecule has 0 spiro atoms. The van der Waals surface area contributed by atoms with E-state index in [-0.39, 0.29) is 12.1 Å². The molecule has 10 nitrogen and oxygen atoms in total. The topological polar surface area (TPSA) is 130 Å². The van der Waals surface area contributed by atoms with Crippen LogP contribution in [0.15, 0.2) is 103 Å². The highest BCUT2D eigenvalue weighted by atomic mass is 32.2. The lowest BCUT2D eigenvalue weighted by Gasteiger charge is -2.25. The zero-order valence-electron chi connectivity index (χ0n) is 22.7. The minimum atomic E-state index is -4.29. The summed E-state index contributed by atoms with van der Waals surface area (Å²) in [5, 5.41) is 2.53. The highest BCUT2D eigenvalue weighted by molar-refractivity contribution is 7.91. The van der Waals surface area contributed by atoms with Gasteiger partial charge in [-0.1, -0.05) is 42.5 Å². The number of anilines is 2. The van der Waals surface area contributed by atoms with E-state index in [0.29, 0.717) is 17.9 Å². The van der Waals surface area contributed by atoms with Gasteiger partial charge in [0, 0.05) is 31.5 Å². The molecule has 4 rings (SSSR count). The maximum absolute atomic E-state index is 13.4.